The second kappa shape index (κ2) is 9.56. The van der Waals surface area contributed by atoms with Crippen LogP contribution in [0.1, 0.15) is 23.0 Å². The number of aryl methyl sites for hydroxylation is 2. The van der Waals surface area contributed by atoms with Gasteiger partial charge in [0.1, 0.15) is 5.69 Å². The van der Waals surface area contributed by atoms with Crippen LogP contribution in [-0.2, 0) is 17.8 Å². The number of rotatable bonds is 8. The van der Waals surface area contributed by atoms with Crippen LogP contribution in [0.5, 0.6) is 0 Å². The van der Waals surface area contributed by atoms with Gasteiger partial charge in [-0.3, -0.25) is 24.2 Å². The Balaban J connectivity index is 1.48. The SMILES string of the molecule is CCn1nc(C)cc1-c1n[nH]c(-c2cc(C(N)=O)cc3c2cnn3CCN2CCO[C@@H](CO)C2)n1. The third kappa shape index (κ3) is 4.55. The fraction of sp³-hybridized carbons (Fsp3) is 0.435. The molecule has 1 aromatic carbocycles. The van der Waals surface area contributed by atoms with Crippen molar-refractivity contribution >= 4 is 16.8 Å². The number of hydrogen-bond acceptors (Lipinski definition) is 8. The van der Waals surface area contributed by atoms with Gasteiger partial charge in [0.25, 0.3) is 0 Å². The van der Waals surface area contributed by atoms with Gasteiger partial charge in [0.2, 0.25) is 5.91 Å². The number of morpholine rings is 1. The largest absolute Gasteiger partial charge is 0.394 e. The normalized spacial score (nSPS) is 16.8. The summed E-state index contributed by atoms with van der Waals surface area (Å²) in [6, 6.07) is 5.42. The summed E-state index contributed by atoms with van der Waals surface area (Å²) in [6.07, 6.45) is 1.60. The monoisotopic (exact) mass is 479 g/mol. The van der Waals surface area contributed by atoms with Crippen LogP contribution in [0.4, 0.5) is 0 Å². The standard InChI is InChI=1S/C23H29N9O3/c1-3-31-20(8-14(2)29-31)23-26-22(27-28-23)17-9-15(21(24)34)10-19-18(17)11-25-32(19)5-4-30-6-7-35-16(12-30)13-33/h8-11,16,33H,3-7,12-13H2,1-2H3,(H2,24,34)(H,26,27,28)/t16-/m1/s1. The number of aliphatic hydroxyl groups excluding tert-OH is 1. The molecule has 184 valence electrons. The van der Waals surface area contributed by atoms with Crippen molar-refractivity contribution in [3.8, 4) is 22.9 Å². The molecule has 1 aliphatic heterocycles. The van der Waals surface area contributed by atoms with Crippen molar-refractivity contribution in [2.24, 2.45) is 5.73 Å². The topological polar surface area (TPSA) is 153 Å². The van der Waals surface area contributed by atoms with Gasteiger partial charge in [0, 0.05) is 42.7 Å². The fourth-order valence-electron chi connectivity index (χ4n) is 4.49. The van der Waals surface area contributed by atoms with E-state index in [1.807, 2.05) is 29.3 Å². The highest BCUT2D eigenvalue weighted by atomic mass is 16.5. The third-order valence-electron chi connectivity index (χ3n) is 6.27. The summed E-state index contributed by atoms with van der Waals surface area (Å²) >= 11 is 0. The minimum absolute atomic E-state index is 0.00428. The van der Waals surface area contributed by atoms with Crippen LogP contribution in [0.3, 0.4) is 0 Å². The molecule has 1 amide bonds. The van der Waals surface area contributed by atoms with Crippen molar-refractivity contribution in [2.45, 2.75) is 33.0 Å². The number of nitrogens with two attached hydrogens (primary N) is 1. The van der Waals surface area contributed by atoms with E-state index in [2.05, 4.69) is 25.3 Å². The highest BCUT2D eigenvalue weighted by Crippen LogP contribution is 2.29. The van der Waals surface area contributed by atoms with E-state index in [0.717, 1.165) is 35.4 Å². The molecule has 35 heavy (non-hydrogen) atoms. The van der Waals surface area contributed by atoms with Crippen molar-refractivity contribution in [1.82, 2.24) is 39.6 Å². The molecule has 1 fully saturated rings. The molecule has 0 aliphatic carbocycles. The second-order valence-corrected chi connectivity index (χ2v) is 8.66. The number of amides is 1. The van der Waals surface area contributed by atoms with Crippen molar-refractivity contribution in [3.63, 3.8) is 0 Å². The number of carbonyl (C=O) groups excluding carboxylic acids is 1. The molecule has 12 heteroatoms. The first-order valence-electron chi connectivity index (χ1n) is 11.7. The molecule has 12 nitrogen and oxygen atoms in total. The molecule has 0 bridgehead atoms. The molecule has 4 N–H and O–H groups in total. The lowest BCUT2D eigenvalue weighted by Gasteiger charge is -2.31. The molecule has 0 radical (unpaired) electrons. The number of hydrogen-bond donors (Lipinski definition) is 3. The molecule has 4 aromatic rings. The van der Waals surface area contributed by atoms with E-state index in [1.54, 1.807) is 18.3 Å². The van der Waals surface area contributed by atoms with E-state index < -0.39 is 5.91 Å². The van der Waals surface area contributed by atoms with Crippen LogP contribution in [-0.4, -0.2) is 89.6 Å². The molecule has 0 saturated carbocycles. The summed E-state index contributed by atoms with van der Waals surface area (Å²) in [6.45, 7) is 8.04. The van der Waals surface area contributed by atoms with Crippen LogP contribution >= 0.6 is 0 Å². The van der Waals surface area contributed by atoms with Gasteiger partial charge in [0.05, 0.1) is 43.3 Å². The molecular formula is C23H29N9O3. The Kier molecular flexibility index (Phi) is 6.32. The fourth-order valence-corrected chi connectivity index (χ4v) is 4.49. The Morgan fingerprint density at radius 3 is 2.91 bits per heavy atom. The van der Waals surface area contributed by atoms with E-state index in [9.17, 15) is 9.90 Å². The van der Waals surface area contributed by atoms with Crippen molar-refractivity contribution in [1.29, 1.82) is 0 Å². The van der Waals surface area contributed by atoms with E-state index in [0.29, 0.717) is 49.0 Å². The van der Waals surface area contributed by atoms with Gasteiger partial charge in [-0.05, 0) is 32.0 Å². The summed E-state index contributed by atoms with van der Waals surface area (Å²) in [5, 5.41) is 26.7. The van der Waals surface area contributed by atoms with Gasteiger partial charge in [-0.15, -0.1) is 0 Å². The Morgan fingerprint density at radius 2 is 2.14 bits per heavy atom. The maximum Gasteiger partial charge on any atom is 0.248 e. The summed E-state index contributed by atoms with van der Waals surface area (Å²) in [7, 11) is 0. The molecular weight excluding hydrogens is 450 g/mol. The van der Waals surface area contributed by atoms with Crippen LogP contribution < -0.4 is 5.73 Å². The number of ether oxygens (including phenoxy) is 1. The van der Waals surface area contributed by atoms with Crippen LogP contribution in [0.2, 0.25) is 0 Å². The first-order valence-corrected chi connectivity index (χ1v) is 11.7. The Hall–Kier alpha value is -3.61. The lowest BCUT2D eigenvalue weighted by Crippen LogP contribution is -2.45. The molecule has 5 rings (SSSR count). The second-order valence-electron chi connectivity index (χ2n) is 8.66. The maximum absolute atomic E-state index is 12.1. The highest BCUT2D eigenvalue weighted by molar-refractivity contribution is 6.02. The average molecular weight is 480 g/mol. The van der Waals surface area contributed by atoms with Crippen molar-refractivity contribution < 1.29 is 14.6 Å². The molecule has 0 unspecified atom stereocenters. The third-order valence-corrected chi connectivity index (χ3v) is 6.27. The Labute approximate surface area is 201 Å². The van der Waals surface area contributed by atoms with Crippen molar-refractivity contribution in [3.05, 3.63) is 35.7 Å². The number of carbonyl (C=O) groups is 1. The van der Waals surface area contributed by atoms with Crippen LogP contribution in [0.25, 0.3) is 33.8 Å². The van der Waals surface area contributed by atoms with Gasteiger partial charge in [0.15, 0.2) is 11.6 Å². The summed E-state index contributed by atoms with van der Waals surface area (Å²) < 4.78 is 9.25. The molecule has 1 aliphatic rings. The number of fused-ring (bicyclic) bond motifs is 1. The number of nitrogens with one attached hydrogen (secondary N) is 1. The van der Waals surface area contributed by atoms with Crippen LogP contribution in [0, 0.1) is 6.92 Å². The van der Waals surface area contributed by atoms with E-state index >= 15 is 0 Å². The number of primary amides is 1. The lowest BCUT2D eigenvalue weighted by molar-refractivity contribution is -0.0534. The minimum atomic E-state index is -0.528. The molecule has 0 spiro atoms. The molecule has 3 aromatic heterocycles. The predicted octanol–water partition coefficient (Wildman–Crippen LogP) is 0.805. The minimum Gasteiger partial charge on any atom is -0.394 e. The van der Waals surface area contributed by atoms with Crippen LogP contribution in [0.15, 0.2) is 24.4 Å². The Bertz CT molecular complexity index is 1360. The van der Waals surface area contributed by atoms with Gasteiger partial charge in [-0.25, -0.2) is 4.98 Å². The number of aromatic nitrogens is 7. The van der Waals surface area contributed by atoms with Gasteiger partial charge in [-0.1, -0.05) is 0 Å². The van der Waals surface area contributed by atoms with E-state index in [1.165, 1.54) is 0 Å². The van der Waals surface area contributed by atoms with Gasteiger partial charge >= 0.3 is 0 Å². The average Bonchev–Trinajstić information content (AvgIpc) is 3.60. The lowest BCUT2D eigenvalue weighted by atomic mass is 10.0. The first-order chi connectivity index (χ1) is 17.0. The zero-order valence-corrected chi connectivity index (χ0v) is 19.8. The molecule has 1 atom stereocenters. The number of aliphatic hydroxyl groups is 1. The number of aromatic amines is 1. The highest BCUT2D eigenvalue weighted by Gasteiger charge is 2.21. The van der Waals surface area contributed by atoms with Gasteiger partial charge < -0.3 is 15.6 Å². The number of nitrogens with zero attached hydrogens (tertiary/aromatic N) is 7. The van der Waals surface area contributed by atoms with E-state index in [4.69, 9.17) is 15.5 Å². The zero-order valence-electron chi connectivity index (χ0n) is 19.8. The predicted molar refractivity (Wildman–Crippen MR) is 129 cm³/mol. The quantitative estimate of drug-likeness (QED) is 0.335. The number of H-pyrrole nitrogens is 1. The summed E-state index contributed by atoms with van der Waals surface area (Å²) in [5.74, 6) is 0.519. The summed E-state index contributed by atoms with van der Waals surface area (Å²) in [5.41, 5.74) is 9.22. The van der Waals surface area contributed by atoms with Crippen molar-refractivity contribution in [2.75, 3.05) is 32.8 Å². The smallest absolute Gasteiger partial charge is 0.248 e. The maximum atomic E-state index is 12.1. The summed E-state index contributed by atoms with van der Waals surface area (Å²) in [4.78, 5) is 19.1. The van der Waals surface area contributed by atoms with Gasteiger partial charge in [-0.2, -0.15) is 15.3 Å². The first kappa shape index (κ1) is 23.1. The molecule has 1 saturated heterocycles. The molecule has 4 heterocycles. The number of benzene rings is 1. The Morgan fingerprint density at radius 1 is 1.29 bits per heavy atom. The zero-order chi connectivity index (χ0) is 24.5. The van der Waals surface area contributed by atoms with E-state index in [-0.39, 0.29) is 12.7 Å².